The topological polar surface area (TPSA) is 54.2 Å². The Morgan fingerprint density at radius 1 is 1.08 bits per heavy atom. The highest BCUT2D eigenvalue weighted by Crippen LogP contribution is 2.23. The SMILES string of the molecule is Cc1cc(C)c(CN2CCC(Cn3cc(CO)nn3)CC2)cc1C. The lowest BCUT2D eigenvalue weighted by Gasteiger charge is -2.32. The lowest BCUT2D eigenvalue weighted by atomic mass is 9.95. The highest BCUT2D eigenvalue weighted by Gasteiger charge is 2.20. The second-order valence-electron chi connectivity index (χ2n) is 7.17. The van der Waals surface area contributed by atoms with Crippen LogP contribution in [0.5, 0.6) is 0 Å². The minimum absolute atomic E-state index is 0.0340. The van der Waals surface area contributed by atoms with Crippen molar-refractivity contribution in [3.8, 4) is 0 Å². The van der Waals surface area contributed by atoms with Crippen molar-refractivity contribution in [3.05, 3.63) is 46.3 Å². The maximum Gasteiger partial charge on any atom is 0.108 e. The van der Waals surface area contributed by atoms with Crippen molar-refractivity contribution in [1.82, 2.24) is 19.9 Å². The van der Waals surface area contributed by atoms with E-state index < -0.39 is 0 Å². The van der Waals surface area contributed by atoms with E-state index in [2.05, 4.69) is 48.1 Å². The lowest BCUT2D eigenvalue weighted by Crippen LogP contribution is -2.34. The molecule has 24 heavy (non-hydrogen) atoms. The Bertz CT molecular complexity index is 687. The summed E-state index contributed by atoms with van der Waals surface area (Å²) in [5.74, 6) is 0.648. The molecule has 1 aliphatic heterocycles. The van der Waals surface area contributed by atoms with Crippen LogP contribution in [0, 0.1) is 26.7 Å². The van der Waals surface area contributed by atoms with E-state index in [0.29, 0.717) is 11.6 Å². The smallest absolute Gasteiger partial charge is 0.108 e. The summed E-state index contributed by atoms with van der Waals surface area (Å²) in [5, 5.41) is 17.1. The van der Waals surface area contributed by atoms with E-state index in [1.165, 1.54) is 35.1 Å². The van der Waals surface area contributed by atoms with Gasteiger partial charge in [0.1, 0.15) is 5.69 Å². The zero-order valence-electron chi connectivity index (χ0n) is 15.0. The Morgan fingerprint density at radius 2 is 1.79 bits per heavy atom. The standard InChI is InChI=1S/C19H28N4O/c1-14-8-16(3)18(9-15(14)2)11-22-6-4-17(5-7-22)10-23-12-19(13-24)20-21-23/h8-9,12,17,24H,4-7,10-11,13H2,1-3H3. The lowest BCUT2D eigenvalue weighted by molar-refractivity contribution is 0.164. The normalized spacial score (nSPS) is 16.7. The molecule has 2 aromatic rings. The summed E-state index contributed by atoms with van der Waals surface area (Å²) in [6.07, 6.45) is 4.24. The molecule has 3 rings (SSSR count). The van der Waals surface area contributed by atoms with Gasteiger partial charge in [0.15, 0.2) is 0 Å². The van der Waals surface area contributed by atoms with E-state index in [1.54, 1.807) is 0 Å². The van der Waals surface area contributed by atoms with Crippen molar-refractivity contribution < 1.29 is 5.11 Å². The molecule has 1 fully saturated rings. The van der Waals surface area contributed by atoms with Gasteiger partial charge in [0.25, 0.3) is 0 Å². The third kappa shape index (κ3) is 4.02. The van der Waals surface area contributed by atoms with Crippen molar-refractivity contribution in [2.75, 3.05) is 13.1 Å². The predicted molar refractivity (Wildman–Crippen MR) is 94.6 cm³/mol. The largest absolute Gasteiger partial charge is 0.390 e. The summed E-state index contributed by atoms with van der Waals surface area (Å²) < 4.78 is 1.87. The Balaban J connectivity index is 1.52. The minimum atomic E-state index is -0.0340. The van der Waals surface area contributed by atoms with E-state index >= 15 is 0 Å². The van der Waals surface area contributed by atoms with Gasteiger partial charge in [-0.25, -0.2) is 0 Å². The van der Waals surface area contributed by atoms with E-state index in [1.807, 2.05) is 10.9 Å². The molecule has 0 spiro atoms. The van der Waals surface area contributed by atoms with Crippen molar-refractivity contribution >= 4 is 0 Å². The molecule has 1 saturated heterocycles. The molecule has 1 aromatic heterocycles. The molecule has 5 nitrogen and oxygen atoms in total. The van der Waals surface area contributed by atoms with Gasteiger partial charge in [-0.2, -0.15) is 0 Å². The number of aliphatic hydroxyl groups is 1. The van der Waals surface area contributed by atoms with E-state index in [9.17, 15) is 0 Å². The van der Waals surface area contributed by atoms with Crippen LogP contribution in [0.1, 0.15) is 40.8 Å². The van der Waals surface area contributed by atoms with Crippen molar-refractivity contribution in [3.63, 3.8) is 0 Å². The number of piperidine rings is 1. The highest BCUT2D eigenvalue weighted by molar-refractivity contribution is 5.36. The highest BCUT2D eigenvalue weighted by atomic mass is 16.3. The van der Waals surface area contributed by atoms with Crippen molar-refractivity contribution in [2.24, 2.45) is 5.92 Å². The first-order valence-electron chi connectivity index (χ1n) is 8.84. The summed E-state index contributed by atoms with van der Waals surface area (Å²) in [7, 11) is 0. The third-order valence-electron chi connectivity index (χ3n) is 5.25. The maximum atomic E-state index is 9.07. The van der Waals surface area contributed by atoms with Crippen LogP contribution in [0.2, 0.25) is 0 Å². The number of hydrogen-bond acceptors (Lipinski definition) is 4. The number of hydrogen-bond donors (Lipinski definition) is 1. The number of nitrogens with zero attached hydrogens (tertiary/aromatic N) is 4. The molecule has 130 valence electrons. The van der Waals surface area contributed by atoms with E-state index in [4.69, 9.17) is 5.11 Å². The van der Waals surface area contributed by atoms with Crippen LogP contribution in [0.4, 0.5) is 0 Å². The van der Waals surface area contributed by atoms with Gasteiger partial charge < -0.3 is 5.11 Å². The van der Waals surface area contributed by atoms with Gasteiger partial charge in [-0.05, 0) is 74.9 Å². The molecule has 5 heteroatoms. The monoisotopic (exact) mass is 328 g/mol. The molecule has 0 bridgehead atoms. The number of aryl methyl sites for hydroxylation is 3. The quantitative estimate of drug-likeness (QED) is 0.917. The van der Waals surface area contributed by atoms with Gasteiger partial charge in [0.05, 0.1) is 12.8 Å². The fraction of sp³-hybridized carbons (Fsp3) is 0.579. The van der Waals surface area contributed by atoms with E-state index in [0.717, 1.165) is 26.2 Å². The van der Waals surface area contributed by atoms with Gasteiger partial charge >= 0.3 is 0 Å². The second kappa shape index (κ2) is 7.45. The van der Waals surface area contributed by atoms with Crippen molar-refractivity contribution in [2.45, 2.75) is 53.3 Å². The molecule has 1 aromatic carbocycles. The first-order valence-corrected chi connectivity index (χ1v) is 8.84. The summed E-state index contributed by atoms with van der Waals surface area (Å²) in [6, 6.07) is 4.66. The number of rotatable bonds is 5. The molecule has 0 saturated carbocycles. The van der Waals surface area contributed by atoms with Crippen LogP contribution in [0.15, 0.2) is 18.3 Å². The number of benzene rings is 1. The molecule has 0 radical (unpaired) electrons. The molecule has 1 aliphatic rings. The van der Waals surface area contributed by atoms with Gasteiger partial charge in [0, 0.05) is 13.1 Å². The Hall–Kier alpha value is -1.72. The fourth-order valence-corrected chi connectivity index (χ4v) is 3.52. The Labute approximate surface area is 144 Å². The number of likely N-dealkylation sites (tertiary alicyclic amines) is 1. The fourth-order valence-electron chi connectivity index (χ4n) is 3.52. The molecule has 0 atom stereocenters. The Morgan fingerprint density at radius 3 is 2.46 bits per heavy atom. The van der Waals surface area contributed by atoms with Crippen LogP contribution in [0.25, 0.3) is 0 Å². The van der Waals surface area contributed by atoms with Crippen LogP contribution >= 0.6 is 0 Å². The van der Waals surface area contributed by atoms with Crippen LogP contribution in [-0.2, 0) is 19.7 Å². The predicted octanol–water partition coefficient (Wildman–Crippen LogP) is 2.61. The first-order chi connectivity index (χ1) is 11.5. The average Bonchev–Trinajstić information content (AvgIpc) is 3.02. The summed E-state index contributed by atoms with van der Waals surface area (Å²) in [5.41, 5.74) is 6.28. The Kier molecular flexibility index (Phi) is 5.31. The van der Waals surface area contributed by atoms with Crippen LogP contribution < -0.4 is 0 Å². The molecule has 0 aliphatic carbocycles. The summed E-state index contributed by atoms with van der Waals surface area (Å²) >= 11 is 0. The van der Waals surface area contributed by atoms with Gasteiger partial charge in [0.2, 0.25) is 0 Å². The van der Waals surface area contributed by atoms with Crippen LogP contribution in [0.3, 0.4) is 0 Å². The summed E-state index contributed by atoms with van der Waals surface area (Å²) in [4.78, 5) is 2.56. The van der Waals surface area contributed by atoms with Gasteiger partial charge in [-0.1, -0.05) is 17.3 Å². The molecular formula is C19H28N4O. The minimum Gasteiger partial charge on any atom is -0.390 e. The second-order valence-corrected chi connectivity index (χ2v) is 7.17. The van der Waals surface area contributed by atoms with Crippen LogP contribution in [-0.4, -0.2) is 38.1 Å². The molecular weight excluding hydrogens is 300 g/mol. The zero-order valence-corrected chi connectivity index (χ0v) is 15.0. The van der Waals surface area contributed by atoms with Crippen molar-refractivity contribution in [1.29, 1.82) is 0 Å². The number of aromatic nitrogens is 3. The molecule has 1 N–H and O–H groups in total. The molecule has 2 heterocycles. The summed E-state index contributed by atoms with van der Waals surface area (Å²) in [6.45, 7) is 10.8. The maximum absolute atomic E-state index is 9.07. The van der Waals surface area contributed by atoms with Gasteiger partial charge in [-0.15, -0.1) is 5.10 Å². The molecule has 0 amide bonds. The van der Waals surface area contributed by atoms with Gasteiger partial charge in [-0.3, -0.25) is 9.58 Å². The number of aliphatic hydroxyl groups excluding tert-OH is 1. The van der Waals surface area contributed by atoms with E-state index in [-0.39, 0.29) is 6.61 Å². The first kappa shape index (κ1) is 17.1. The zero-order chi connectivity index (χ0) is 17.1. The average molecular weight is 328 g/mol. The third-order valence-corrected chi connectivity index (χ3v) is 5.25. The molecule has 0 unspecified atom stereocenters.